The molecule has 0 saturated heterocycles. The maximum atomic E-state index is 12.1. The number of hydrogen-bond donors (Lipinski definition) is 1. The Morgan fingerprint density at radius 1 is 1.21 bits per heavy atom. The van der Waals surface area contributed by atoms with Crippen LogP contribution in [0.25, 0.3) is 11.3 Å². The summed E-state index contributed by atoms with van der Waals surface area (Å²) in [5.74, 6) is 0.604. The molecule has 0 bridgehead atoms. The molecule has 3 aromatic rings. The fourth-order valence-electron chi connectivity index (χ4n) is 2.81. The number of carbonyl (C=O) groups is 1. The van der Waals surface area contributed by atoms with Crippen molar-refractivity contribution in [3.05, 3.63) is 86.1 Å². The van der Waals surface area contributed by atoms with Crippen LogP contribution in [0.5, 0.6) is 0 Å². The van der Waals surface area contributed by atoms with Gasteiger partial charge in [0.15, 0.2) is 0 Å². The fraction of sp³-hybridized carbons (Fsp3) is 0.143. The minimum Gasteiger partial charge on any atom is -0.455 e. The number of hydrazone groups is 1. The van der Waals surface area contributed by atoms with Crippen LogP contribution in [0.2, 0.25) is 5.02 Å². The van der Waals surface area contributed by atoms with E-state index in [0.29, 0.717) is 17.1 Å². The van der Waals surface area contributed by atoms with Crippen molar-refractivity contribution in [3.8, 4) is 11.3 Å². The summed E-state index contributed by atoms with van der Waals surface area (Å²) in [4.78, 5) is 22.4. The zero-order valence-corrected chi connectivity index (χ0v) is 16.6. The molecular formula is C21H18ClN3O4. The Morgan fingerprint density at radius 2 is 2.00 bits per heavy atom. The van der Waals surface area contributed by atoms with E-state index >= 15 is 0 Å². The van der Waals surface area contributed by atoms with Crippen LogP contribution in [0.4, 0.5) is 5.69 Å². The van der Waals surface area contributed by atoms with Gasteiger partial charge in [0.05, 0.1) is 22.6 Å². The molecule has 0 aliphatic heterocycles. The smallest absolute Gasteiger partial charge is 0.270 e. The lowest BCUT2D eigenvalue weighted by molar-refractivity contribution is -0.384. The average molecular weight is 412 g/mol. The van der Waals surface area contributed by atoms with Crippen molar-refractivity contribution in [2.45, 2.75) is 20.3 Å². The molecule has 2 aromatic carbocycles. The van der Waals surface area contributed by atoms with Crippen LogP contribution < -0.4 is 5.43 Å². The van der Waals surface area contributed by atoms with Gasteiger partial charge in [0, 0.05) is 17.7 Å². The molecule has 0 aliphatic carbocycles. The van der Waals surface area contributed by atoms with Crippen LogP contribution in [0.15, 0.2) is 58.0 Å². The SMILES string of the molecule is Cc1ccc(CC(=O)N/N=C/c2ccc(-c3ccc([N+](=O)[O-])cc3Cl)o2)c(C)c1. The van der Waals surface area contributed by atoms with Gasteiger partial charge in [-0.05, 0) is 43.2 Å². The number of aryl methyl sites for hydroxylation is 2. The number of rotatable bonds is 6. The maximum absolute atomic E-state index is 12.1. The molecule has 148 valence electrons. The quantitative estimate of drug-likeness (QED) is 0.357. The monoisotopic (exact) mass is 411 g/mol. The summed E-state index contributed by atoms with van der Waals surface area (Å²) in [5, 5.41) is 14.9. The van der Waals surface area contributed by atoms with E-state index in [1.54, 1.807) is 12.1 Å². The van der Waals surface area contributed by atoms with Crippen LogP contribution in [0.1, 0.15) is 22.5 Å². The molecule has 0 fully saturated rings. The van der Waals surface area contributed by atoms with E-state index in [9.17, 15) is 14.9 Å². The second-order valence-corrected chi connectivity index (χ2v) is 6.93. The average Bonchev–Trinajstić information content (AvgIpc) is 3.12. The molecule has 29 heavy (non-hydrogen) atoms. The molecule has 1 aromatic heterocycles. The molecule has 0 radical (unpaired) electrons. The number of nitro benzene ring substituents is 1. The van der Waals surface area contributed by atoms with Crippen molar-refractivity contribution in [1.29, 1.82) is 0 Å². The van der Waals surface area contributed by atoms with E-state index < -0.39 is 4.92 Å². The van der Waals surface area contributed by atoms with Gasteiger partial charge in [-0.3, -0.25) is 14.9 Å². The van der Waals surface area contributed by atoms with Crippen LogP contribution in [-0.2, 0) is 11.2 Å². The first-order valence-corrected chi connectivity index (χ1v) is 9.13. The number of carbonyl (C=O) groups excluding carboxylic acids is 1. The third-order valence-electron chi connectivity index (χ3n) is 4.29. The number of benzene rings is 2. The minimum absolute atomic E-state index is 0.0985. The van der Waals surface area contributed by atoms with Gasteiger partial charge >= 0.3 is 0 Å². The van der Waals surface area contributed by atoms with E-state index in [1.807, 2.05) is 32.0 Å². The lowest BCUT2D eigenvalue weighted by Gasteiger charge is -2.05. The number of nitrogens with one attached hydrogen (secondary N) is 1. The Balaban J connectivity index is 1.63. The zero-order chi connectivity index (χ0) is 21.0. The van der Waals surface area contributed by atoms with Gasteiger partial charge in [-0.25, -0.2) is 5.43 Å². The number of nitro groups is 1. The van der Waals surface area contributed by atoms with Crippen molar-refractivity contribution in [3.63, 3.8) is 0 Å². The predicted molar refractivity (Wildman–Crippen MR) is 111 cm³/mol. The van der Waals surface area contributed by atoms with Gasteiger partial charge in [-0.1, -0.05) is 35.4 Å². The van der Waals surface area contributed by atoms with Crippen molar-refractivity contribution < 1.29 is 14.1 Å². The maximum Gasteiger partial charge on any atom is 0.270 e. The third-order valence-corrected chi connectivity index (χ3v) is 4.60. The van der Waals surface area contributed by atoms with Crippen molar-refractivity contribution in [2.24, 2.45) is 5.10 Å². The largest absolute Gasteiger partial charge is 0.455 e. The zero-order valence-electron chi connectivity index (χ0n) is 15.8. The van der Waals surface area contributed by atoms with Gasteiger partial charge < -0.3 is 4.42 Å². The second-order valence-electron chi connectivity index (χ2n) is 6.52. The minimum atomic E-state index is -0.517. The highest BCUT2D eigenvalue weighted by Gasteiger charge is 2.13. The molecule has 1 N–H and O–H groups in total. The molecule has 0 aliphatic rings. The Bertz CT molecular complexity index is 1110. The molecule has 1 amide bonds. The van der Waals surface area contributed by atoms with Gasteiger partial charge in [-0.15, -0.1) is 0 Å². The van der Waals surface area contributed by atoms with Crippen LogP contribution >= 0.6 is 11.6 Å². The van der Waals surface area contributed by atoms with Gasteiger partial charge in [0.2, 0.25) is 5.91 Å². The molecule has 3 rings (SSSR count). The molecular weight excluding hydrogens is 394 g/mol. The Morgan fingerprint density at radius 3 is 2.69 bits per heavy atom. The van der Waals surface area contributed by atoms with Crippen molar-refractivity contribution in [1.82, 2.24) is 5.43 Å². The van der Waals surface area contributed by atoms with Crippen LogP contribution in [0.3, 0.4) is 0 Å². The highest BCUT2D eigenvalue weighted by atomic mass is 35.5. The molecule has 0 atom stereocenters. The highest BCUT2D eigenvalue weighted by molar-refractivity contribution is 6.33. The van der Waals surface area contributed by atoms with E-state index in [4.69, 9.17) is 16.0 Å². The lowest BCUT2D eigenvalue weighted by atomic mass is 10.0. The van der Waals surface area contributed by atoms with E-state index in [1.165, 1.54) is 24.4 Å². The number of non-ortho nitro benzene ring substituents is 1. The summed E-state index contributed by atoms with van der Waals surface area (Å²) in [6, 6.07) is 13.4. The van der Waals surface area contributed by atoms with Crippen LogP contribution in [0, 0.1) is 24.0 Å². The standard InChI is InChI=1S/C21H18ClN3O4/c1-13-3-4-15(14(2)9-13)10-21(26)24-23-12-17-6-8-20(29-17)18-7-5-16(25(27)28)11-19(18)22/h3-9,11-12H,10H2,1-2H3,(H,24,26)/b23-12+. The number of amides is 1. The molecule has 1 heterocycles. The summed E-state index contributed by atoms with van der Waals surface area (Å²) >= 11 is 6.11. The predicted octanol–water partition coefficient (Wildman–Crippen LogP) is 4.82. The summed E-state index contributed by atoms with van der Waals surface area (Å²) in [6.07, 6.45) is 1.61. The molecule has 8 heteroatoms. The van der Waals surface area contributed by atoms with E-state index in [0.717, 1.165) is 16.7 Å². The molecule has 0 unspecified atom stereocenters. The summed E-state index contributed by atoms with van der Waals surface area (Å²) in [7, 11) is 0. The van der Waals surface area contributed by atoms with Gasteiger partial charge in [-0.2, -0.15) is 5.10 Å². The Labute approximate surface area is 172 Å². The number of halogens is 1. The third kappa shape index (κ3) is 5.08. The number of hydrogen-bond acceptors (Lipinski definition) is 5. The Kier molecular flexibility index (Phi) is 6.09. The van der Waals surface area contributed by atoms with Crippen LogP contribution in [-0.4, -0.2) is 17.0 Å². The first-order valence-electron chi connectivity index (χ1n) is 8.75. The van der Waals surface area contributed by atoms with E-state index in [2.05, 4.69) is 10.5 Å². The van der Waals surface area contributed by atoms with Crippen molar-refractivity contribution >= 4 is 29.4 Å². The van der Waals surface area contributed by atoms with E-state index in [-0.39, 0.29) is 23.0 Å². The van der Waals surface area contributed by atoms with Gasteiger partial charge in [0.25, 0.3) is 5.69 Å². The van der Waals surface area contributed by atoms with Crippen molar-refractivity contribution in [2.75, 3.05) is 0 Å². The number of furan rings is 1. The number of nitrogens with zero attached hydrogens (tertiary/aromatic N) is 2. The lowest BCUT2D eigenvalue weighted by Crippen LogP contribution is -2.20. The first-order chi connectivity index (χ1) is 13.8. The topological polar surface area (TPSA) is 97.7 Å². The molecule has 7 nitrogen and oxygen atoms in total. The summed E-state index contributed by atoms with van der Waals surface area (Å²) < 4.78 is 5.63. The fourth-order valence-corrected chi connectivity index (χ4v) is 3.08. The second kappa shape index (κ2) is 8.70. The first kappa shape index (κ1) is 20.3. The molecule has 0 saturated carbocycles. The van der Waals surface area contributed by atoms with Gasteiger partial charge in [0.1, 0.15) is 11.5 Å². The summed E-state index contributed by atoms with van der Waals surface area (Å²) in [5.41, 5.74) is 6.04. The Hall–Kier alpha value is -3.45. The highest BCUT2D eigenvalue weighted by Crippen LogP contribution is 2.32. The normalized spacial score (nSPS) is 11.0. The molecule has 0 spiro atoms. The summed E-state index contributed by atoms with van der Waals surface area (Å²) in [6.45, 7) is 3.97.